The van der Waals surface area contributed by atoms with E-state index in [2.05, 4.69) is 26.1 Å². The molecule has 1 aliphatic heterocycles. The van der Waals surface area contributed by atoms with E-state index in [0.717, 1.165) is 16.7 Å². The molecule has 0 aromatic heterocycles. The number of benzene rings is 2. The summed E-state index contributed by atoms with van der Waals surface area (Å²) in [6.07, 6.45) is 3.90. The molecule has 3 rings (SSSR count). The first-order valence-corrected chi connectivity index (χ1v) is 9.46. The first-order valence-electron chi connectivity index (χ1n) is 9.46. The van der Waals surface area contributed by atoms with E-state index in [1.165, 1.54) is 12.1 Å². The van der Waals surface area contributed by atoms with E-state index >= 15 is 0 Å². The molecule has 1 heterocycles. The number of imide groups is 1. The lowest BCUT2D eigenvalue weighted by Gasteiger charge is -2.30. The SMILES string of the molecule is COc1c(C=Cc2cccc(F)c2)cc(N2CCC(=O)NC2=O)cc1C(C)(C)C. The summed E-state index contributed by atoms with van der Waals surface area (Å²) < 4.78 is 19.2. The maximum Gasteiger partial charge on any atom is 0.328 e. The molecular weight excluding hydrogens is 371 g/mol. The number of urea groups is 1. The Bertz CT molecular complexity index is 977. The van der Waals surface area contributed by atoms with E-state index in [4.69, 9.17) is 4.74 Å². The third-order valence-corrected chi connectivity index (χ3v) is 4.78. The largest absolute Gasteiger partial charge is 0.496 e. The van der Waals surface area contributed by atoms with Gasteiger partial charge in [-0.05, 0) is 35.2 Å². The lowest BCUT2D eigenvalue weighted by molar-refractivity contribution is -0.120. The van der Waals surface area contributed by atoms with Crippen LogP contribution in [-0.2, 0) is 10.2 Å². The summed E-state index contributed by atoms with van der Waals surface area (Å²) in [5.74, 6) is 0.113. The van der Waals surface area contributed by atoms with Crippen LogP contribution in [0.4, 0.5) is 14.9 Å². The van der Waals surface area contributed by atoms with Crippen LogP contribution in [0.2, 0.25) is 0 Å². The van der Waals surface area contributed by atoms with Crippen molar-refractivity contribution in [1.29, 1.82) is 0 Å². The van der Waals surface area contributed by atoms with Gasteiger partial charge in [0.1, 0.15) is 11.6 Å². The van der Waals surface area contributed by atoms with Crippen LogP contribution in [0.5, 0.6) is 5.75 Å². The Kier molecular flexibility index (Phi) is 5.73. The van der Waals surface area contributed by atoms with Gasteiger partial charge in [0, 0.05) is 29.8 Å². The lowest BCUT2D eigenvalue weighted by atomic mass is 9.84. The molecule has 3 amide bonds. The molecule has 1 saturated heterocycles. The standard InChI is InChI=1S/C23H25FN2O3/c1-23(2,3)19-14-18(26-11-10-20(27)25-22(26)28)13-16(21(19)29-4)9-8-15-6-5-7-17(24)12-15/h5-9,12-14H,10-11H2,1-4H3,(H,25,27,28). The van der Waals surface area contributed by atoms with Gasteiger partial charge in [0.25, 0.3) is 0 Å². The molecule has 1 N–H and O–H groups in total. The van der Waals surface area contributed by atoms with Crippen LogP contribution >= 0.6 is 0 Å². The summed E-state index contributed by atoms with van der Waals surface area (Å²) in [7, 11) is 1.61. The average Bonchev–Trinajstić information content (AvgIpc) is 2.65. The molecular formula is C23H25FN2O3. The molecule has 2 aromatic carbocycles. The van der Waals surface area contributed by atoms with Crippen molar-refractivity contribution in [2.24, 2.45) is 0 Å². The van der Waals surface area contributed by atoms with Gasteiger partial charge < -0.3 is 4.74 Å². The normalized spacial score (nSPS) is 15.0. The maximum atomic E-state index is 13.5. The second kappa shape index (κ2) is 8.07. The van der Waals surface area contributed by atoms with Gasteiger partial charge >= 0.3 is 6.03 Å². The Morgan fingerprint density at radius 1 is 1.14 bits per heavy atom. The molecule has 2 aromatic rings. The molecule has 0 bridgehead atoms. The fourth-order valence-corrected chi connectivity index (χ4v) is 3.31. The highest BCUT2D eigenvalue weighted by Crippen LogP contribution is 2.39. The van der Waals surface area contributed by atoms with Gasteiger partial charge in [-0.25, -0.2) is 9.18 Å². The van der Waals surface area contributed by atoms with Gasteiger partial charge in [-0.3, -0.25) is 15.0 Å². The van der Waals surface area contributed by atoms with Crippen LogP contribution in [0.15, 0.2) is 36.4 Å². The van der Waals surface area contributed by atoms with Gasteiger partial charge in [-0.15, -0.1) is 0 Å². The number of nitrogens with zero attached hydrogens (tertiary/aromatic N) is 1. The Balaban J connectivity index is 2.10. The number of halogens is 1. The van der Waals surface area contributed by atoms with Gasteiger partial charge in [0.2, 0.25) is 5.91 Å². The second-order valence-electron chi connectivity index (χ2n) is 8.01. The van der Waals surface area contributed by atoms with Crippen molar-refractivity contribution in [3.8, 4) is 5.75 Å². The van der Waals surface area contributed by atoms with Crippen molar-refractivity contribution in [1.82, 2.24) is 5.32 Å². The highest BCUT2D eigenvalue weighted by molar-refractivity contribution is 6.05. The fourth-order valence-electron chi connectivity index (χ4n) is 3.31. The monoisotopic (exact) mass is 396 g/mol. The molecule has 0 spiro atoms. The van der Waals surface area contributed by atoms with Gasteiger partial charge in [-0.1, -0.05) is 45.1 Å². The quantitative estimate of drug-likeness (QED) is 0.759. The average molecular weight is 396 g/mol. The number of ether oxygens (including phenoxy) is 1. The van der Waals surface area contributed by atoms with Crippen molar-refractivity contribution in [3.63, 3.8) is 0 Å². The van der Waals surface area contributed by atoms with Crippen molar-refractivity contribution in [2.45, 2.75) is 32.6 Å². The van der Waals surface area contributed by atoms with E-state index < -0.39 is 6.03 Å². The molecule has 0 unspecified atom stereocenters. The predicted octanol–water partition coefficient (Wildman–Crippen LogP) is 4.75. The molecule has 6 heteroatoms. The molecule has 1 fully saturated rings. The Morgan fingerprint density at radius 3 is 2.52 bits per heavy atom. The summed E-state index contributed by atoms with van der Waals surface area (Å²) in [6, 6.07) is 9.63. The zero-order valence-corrected chi connectivity index (χ0v) is 17.1. The van der Waals surface area contributed by atoms with E-state index in [1.807, 2.05) is 24.3 Å². The third kappa shape index (κ3) is 4.65. The van der Waals surface area contributed by atoms with E-state index in [0.29, 0.717) is 18.0 Å². The summed E-state index contributed by atoms with van der Waals surface area (Å²) in [6.45, 7) is 6.51. The zero-order valence-electron chi connectivity index (χ0n) is 17.1. The van der Waals surface area contributed by atoms with Crippen LogP contribution in [0.3, 0.4) is 0 Å². The van der Waals surface area contributed by atoms with Crippen molar-refractivity contribution in [2.75, 3.05) is 18.6 Å². The molecule has 29 heavy (non-hydrogen) atoms. The number of nitrogens with one attached hydrogen (secondary N) is 1. The number of amides is 3. The van der Waals surface area contributed by atoms with Crippen molar-refractivity contribution < 1.29 is 18.7 Å². The summed E-state index contributed by atoms with van der Waals surface area (Å²) in [5.41, 5.74) is 2.85. The van der Waals surface area contributed by atoms with E-state index in [1.54, 1.807) is 24.2 Å². The number of carbonyl (C=O) groups is 2. The third-order valence-electron chi connectivity index (χ3n) is 4.78. The molecule has 5 nitrogen and oxygen atoms in total. The summed E-state index contributed by atoms with van der Waals surface area (Å²) in [4.78, 5) is 25.4. The predicted molar refractivity (Wildman–Crippen MR) is 113 cm³/mol. The lowest BCUT2D eigenvalue weighted by Crippen LogP contribution is -2.49. The first kappa shape index (κ1) is 20.6. The van der Waals surface area contributed by atoms with Crippen LogP contribution < -0.4 is 15.0 Å². The number of rotatable bonds is 4. The number of carbonyl (C=O) groups excluding carboxylic acids is 2. The van der Waals surface area contributed by atoms with Crippen molar-refractivity contribution >= 4 is 29.8 Å². The summed E-state index contributed by atoms with van der Waals surface area (Å²) in [5, 5.41) is 2.36. The van der Waals surface area contributed by atoms with Gasteiger partial charge in [0.05, 0.1) is 7.11 Å². The molecule has 0 saturated carbocycles. The van der Waals surface area contributed by atoms with Crippen LogP contribution in [0.1, 0.15) is 43.9 Å². The smallest absolute Gasteiger partial charge is 0.328 e. The first-order chi connectivity index (χ1) is 13.7. The number of methoxy groups -OCH3 is 1. The van der Waals surface area contributed by atoms with E-state index in [-0.39, 0.29) is 23.6 Å². The Labute approximate surface area is 170 Å². The molecule has 0 aliphatic carbocycles. The summed E-state index contributed by atoms with van der Waals surface area (Å²) >= 11 is 0. The Hall–Kier alpha value is -3.15. The minimum Gasteiger partial charge on any atom is -0.496 e. The minimum absolute atomic E-state index is 0.245. The Morgan fingerprint density at radius 2 is 1.90 bits per heavy atom. The molecule has 0 radical (unpaired) electrons. The molecule has 0 atom stereocenters. The number of anilines is 1. The highest BCUT2D eigenvalue weighted by atomic mass is 19.1. The van der Waals surface area contributed by atoms with E-state index in [9.17, 15) is 14.0 Å². The second-order valence-corrected chi connectivity index (χ2v) is 8.01. The van der Waals surface area contributed by atoms with Crippen LogP contribution in [-0.4, -0.2) is 25.6 Å². The van der Waals surface area contributed by atoms with Crippen LogP contribution in [0, 0.1) is 5.82 Å². The molecule has 152 valence electrons. The minimum atomic E-state index is -0.439. The number of hydrogen-bond donors (Lipinski definition) is 1. The topological polar surface area (TPSA) is 58.6 Å². The fraction of sp³-hybridized carbons (Fsp3) is 0.304. The number of hydrogen-bond acceptors (Lipinski definition) is 3. The van der Waals surface area contributed by atoms with Gasteiger partial charge in [-0.2, -0.15) is 0 Å². The maximum absolute atomic E-state index is 13.5. The zero-order chi connectivity index (χ0) is 21.2. The molecule has 1 aliphatic rings. The van der Waals surface area contributed by atoms with Crippen molar-refractivity contribution in [3.05, 3.63) is 58.9 Å². The highest BCUT2D eigenvalue weighted by Gasteiger charge is 2.28. The van der Waals surface area contributed by atoms with Crippen LogP contribution in [0.25, 0.3) is 12.2 Å². The van der Waals surface area contributed by atoms with Gasteiger partial charge in [0.15, 0.2) is 0 Å².